The second-order valence-electron chi connectivity index (χ2n) is 7.62. The van der Waals surface area contributed by atoms with Gasteiger partial charge in [0, 0.05) is 17.3 Å². The minimum Gasteiger partial charge on any atom is -0.456 e. The van der Waals surface area contributed by atoms with E-state index in [1.54, 1.807) is 12.3 Å². The first-order valence-electron chi connectivity index (χ1n) is 8.92. The van der Waals surface area contributed by atoms with Crippen LogP contribution in [0, 0.1) is 18.3 Å². The first-order valence-corrected chi connectivity index (χ1v) is 8.92. The predicted octanol–water partition coefficient (Wildman–Crippen LogP) is 4.78. The molecule has 0 saturated heterocycles. The Labute approximate surface area is 159 Å². The number of rotatable bonds is 3. The van der Waals surface area contributed by atoms with Crippen LogP contribution in [0.4, 0.5) is 0 Å². The summed E-state index contributed by atoms with van der Waals surface area (Å²) in [5.74, 6) is -0.352. The van der Waals surface area contributed by atoms with E-state index in [1.165, 1.54) is 0 Å². The lowest BCUT2D eigenvalue weighted by atomic mass is 10.1. The van der Waals surface area contributed by atoms with Crippen molar-refractivity contribution >= 4 is 17.0 Å². The number of carbonyl (C=O) groups is 1. The van der Waals surface area contributed by atoms with Crippen molar-refractivity contribution in [3.63, 3.8) is 0 Å². The molecular formula is C22H23N3O2. The number of pyridine rings is 1. The van der Waals surface area contributed by atoms with Crippen LogP contribution in [0.3, 0.4) is 0 Å². The molecule has 138 valence electrons. The minimum atomic E-state index is -0.576. The minimum absolute atomic E-state index is 0.0908. The van der Waals surface area contributed by atoms with Crippen LogP contribution in [0.25, 0.3) is 11.0 Å². The molecule has 0 radical (unpaired) electrons. The zero-order chi connectivity index (χ0) is 19.8. The SMILES string of the molecule is Cc1c(C(=O)OC(C)(C)C)c2cccnc2n1C(C)c1cccc(C#N)c1. The normalized spacial score (nSPS) is 12.6. The van der Waals surface area contributed by atoms with Crippen molar-refractivity contribution in [3.8, 4) is 6.07 Å². The number of esters is 1. The fourth-order valence-corrected chi connectivity index (χ4v) is 3.34. The molecule has 2 aromatic heterocycles. The summed E-state index contributed by atoms with van der Waals surface area (Å²) in [6.07, 6.45) is 1.72. The predicted molar refractivity (Wildman–Crippen MR) is 105 cm³/mol. The Balaban J connectivity index is 2.18. The summed E-state index contributed by atoms with van der Waals surface area (Å²) >= 11 is 0. The lowest BCUT2D eigenvalue weighted by molar-refractivity contribution is 0.00707. The Morgan fingerprint density at radius 3 is 2.67 bits per heavy atom. The standard InChI is InChI=1S/C22H23N3O2/c1-14(17-9-6-8-16(12-17)13-23)25-15(2)19(21(26)27-22(3,4)5)18-10-7-11-24-20(18)25/h6-12,14H,1-5H3. The summed E-state index contributed by atoms with van der Waals surface area (Å²) in [7, 11) is 0. The second-order valence-corrected chi connectivity index (χ2v) is 7.62. The second kappa shape index (κ2) is 6.88. The Morgan fingerprint density at radius 2 is 2.00 bits per heavy atom. The molecule has 1 aromatic carbocycles. The molecule has 0 saturated carbocycles. The lowest BCUT2D eigenvalue weighted by Crippen LogP contribution is -2.24. The van der Waals surface area contributed by atoms with E-state index < -0.39 is 5.60 Å². The van der Waals surface area contributed by atoms with Crippen LogP contribution in [-0.4, -0.2) is 21.1 Å². The molecule has 0 aliphatic rings. The molecule has 0 aliphatic carbocycles. The van der Waals surface area contributed by atoms with Gasteiger partial charge in [-0.15, -0.1) is 0 Å². The molecule has 27 heavy (non-hydrogen) atoms. The van der Waals surface area contributed by atoms with Gasteiger partial charge in [-0.05, 0) is 64.4 Å². The van der Waals surface area contributed by atoms with E-state index in [-0.39, 0.29) is 12.0 Å². The quantitative estimate of drug-likeness (QED) is 0.630. The molecule has 0 aliphatic heterocycles. The summed E-state index contributed by atoms with van der Waals surface area (Å²) in [5.41, 5.74) is 3.08. The summed E-state index contributed by atoms with van der Waals surface area (Å²) in [4.78, 5) is 17.4. The summed E-state index contributed by atoms with van der Waals surface area (Å²) < 4.78 is 7.66. The summed E-state index contributed by atoms with van der Waals surface area (Å²) in [6.45, 7) is 9.51. The number of nitrogens with zero attached hydrogens (tertiary/aromatic N) is 3. The Kier molecular flexibility index (Phi) is 4.75. The molecule has 0 amide bonds. The molecule has 0 bridgehead atoms. The van der Waals surface area contributed by atoms with Crippen LogP contribution in [0.1, 0.15) is 60.9 Å². The van der Waals surface area contributed by atoms with Gasteiger partial charge in [0.05, 0.1) is 23.2 Å². The fourth-order valence-electron chi connectivity index (χ4n) is 3.34. The molecule has 2 heterocycles. The third kappa shape index (κ3) is 3.56. The van der Waals surface area contributed by atoms with Gasteiger partial charge >= 0.3 is 5.97 Å². The molecule has 5 nitrogen and oxygen atoms in total. The van der Waals surface area contributed by atoms with Crippen LogP contribution >= 0.6 is 0 Å². The van der Waals surface area contributed by atoms with Gasteiger partial charge in [0.2, 0.25) is 0 Å². The van der Waals surface area contributed by atoms with Gasteiger partial charge < -0.3 is 9.30 Å². The highest BCUT2D eigenvalue weighted by Gasteiger charge is 2.27. The average Bonchev–Trinajstić information content (AvgIpc) is 2.91. The van der Waals surface area contributed by atoms with E-state index in [9.17, 15) is 10.1 Å². The van der Waals surface area contributed by atoms with E-state index in [1.807, 2.05) is 69.5 Å². The number of fused-ring (bicyclic) bond motifs is 1. The number of hydrogen-bond acceptors (Lipinski definition) is 4. The van der Waals surface area contributed by atoms with Gasteiger partial charge in [-0.3, -0.25) is 0 Å². The van der Waals surface area contributed by atoms with Crippen molar-refractivity contribution in [3.05, 3.63) is 65.0 Å². The highest BCUT2D eigenvalue weighted by Crippen LogP contribution is 2.32. The van der Waals surface area contributed by atoms with E-state index in [0.717, 1.165) is 22.3 Å². The molecule has 0 spiro atoms. The maximum atomic E-state index is 12.9. The van der Waals surface area contributed by atoms with Gasteiger partial charge in [-0.2, -0.15) is 5.26 Å². The third-order valence-electron chi connectivity index (χ3n) is 4.50. The van der Waals surface area contributed by atoms with Crippen molar-refractivity contribution in [2.75, 3.05) is 0 Å². The van der Waals surface area contributed by atoms with Crippen molar-refractivity contribution < 1.29 is 9.53 Å². The molecule has 5 heteroatoms. The smallest absolute Gasteiger partial charge is 0.341 e. The van der Waals surface area contributed by atoms with E-state index in [4.69, 9.17) is 4.74 Å². The molecule has 0 fully saturated rings. The van der Waals surface area contributed by atoms with Crippen LogP contribution in [-0.2, 0) is 4.74 Å². The lowest BCUT2D eigenvalue weighted by Gasteiger charge is -2.20. The first-order chi connectivity index (χ1) is 12.7. The number of carbonyl (C=O) groups excluding carboxylic acids is 1. The molecular weight excluding hydrogens is 338 g/mol. The number of nitriles is 1. The van der Waals surface area contributed by atoms with Crippen LogP contribution in [0.5, 0.6) is 0 Å². The Bertz CT molecular complexity index is 1050. The third-order valence-corrected chi connectivity index (χ3v) is 4.50. The van der Waals surface area contributed by atoms with E-state index >= 15 is 0 Å². The van der Waals surface area contributed by atoms with E-state index in [2.05, 4.69) is 11.1 Å². The van der Waals surface area contributed by atoms with Crippen LogP contribution in [0.15, 0.2) is 42.6 Å². The van der Waals surface area contributed by atoms with Crippen molar-refractivity contribution in [2.45, 2.75) is 46.3 Å². The maximum Gasteiger partial charge on any atom is 0.341 e. The van der Waals surface area contributed by atoms with Crippen molar-refractivity contribution in [1.82, 2.24) is 9.55 Å². The maximum absolute atomic E-state index is 12.9. The average molecular weight is 361 g/mol. The van der Waals surface area contributed by atoms with Gasteiger partial charge in [0.1, 0.15) is 11.2 Å². The highest BCUT2D eigenvalue weighted by molar-refractivity contribution is 6.05. The zero-order valence-electron chi connectivity index (χ0n) is 16.3. The number of aromatic nitrogens is 2. The monoisotopic (exact) mass is 361 g/mol. The zero-order valence-corrected chi connectivity index (χ0v) is 16.3. The van der Waals surface area contributed by atoms with Crippen LogP contribution in [0.2, 0.25) is 0 Å². The summed E-state index contributed by atoms with van der Waals surface area (Å²) in [5, 5.41) is 9.97. The highest BCUT2D eigenvalue weighted by atomic mass is 16.6. The molecule has 3 aromatic rings. The largest absolute Gasteiger partial charge is 0.456 e. The van der Waals surface area contributed by atoms with E-state index in [0.29, 0.717) is 11.1 Å². The van der Waals surface area contributed by atoms with Gasteiger partial charge in [0.25, 0.3) is 0 Å². The first kappa shape index (κ1) is 18.7. The van der Waals surface area contributed by atoms with Gasteiger partial charge in [0.15, 0.2) is 0 Å². The van der Waals surface area contributed by atoms with Crippen LogP contribution < -0.4 is 0 Å². The molecule has 0 N–H and O–H groups in total. The summed E-state index contributed by atoms with van der Waals surface area (Å²) in [6, 6.07) is 13.3. The Morgan fingerprint density at radius 1 is 1.26 bits per heavy atom. The van der Waals surface area contributed by atoms with Gasteiger partial charge in [-0.1, -0.05) is 12.1 Å². The fraction of sp³-hybridized carbons (Fsp3) is 0.318. The molecule has 3 rings (SSSR count). The topological polar surface area (TPSA) is 67.9 Å². The van der Waals surface area contributed by atoms with Crippen molar-refractivity contribution in [1.29, 1.82) is 5.26 Å². The van der Waals surface area contributed by atoms with Gasteiger partial charge in [-0.25, -0.2) is 9.78 Å². The number of hydrogen-bond donors (Lipinski definition) is 0. The Hall–Kier alpha value is -3.13. The van der Waals surface area contributed by atoms with Crippen molar-refractivity contribution in [2.24, 2.45) is 0 Å². The molecule has 1 unspecified atom stereocenters. The molecule has 1 atom stereocenters. The number of ether oxygens (including phenoxy) is 1. The number of benzene rings is 1.